The Morgan fingerprint density at radius 2 is 1.69 bits per heavy atom. The Balaban J connectivity index is 0.00000210. The zero-order chi connectivity index (χ0) is 19.1. The van der Waals surface area contributed by atoms with Crippen molar-refractivity contribution in [1.82, 2.24) is 20.4 Å². The highest BCUT2D eigenvalue weighted by molar-refractivity contribution is 5.85. The van der Waals surface area contributed by atoms with Crippen LogP contribution < -0.4 is 10.6 Å². The van der Waals surface area contributed by atoms with Gasteiger partial charge in [0.05, 0.1) is 6.54 Å². The predicted molar refractivity (Wildman–Crippen MR) is 122 cm³/mol. The van der Waals surface area contributed by atoms with Crippen LogP contribution >= 0.6 is 24.8 Å². The van der Waals surface area contributed by atoms with E-state index < -0.39 is 0 Å². The molecular weight excluding hydrogens is 411 g/mol. The van der Waals surface area contributed by atoms with Gasteiger partial charge in [-0.2, -0.15) is 0 Å². The summed E-state index contributed by atoms with van der Waals surface area (Å²) in [6, 6.07) is 0.380. The third kappa shape index (κ3) is 8.60. The van der Waals surface area contributed by atoms with Gasteiger partial charge in [0.1, 0.15) is 0 Å². The molecule has 2 aliphatic heterocycles. The molecule has 2 N–H and O–H groups in total. The van der Waals surface area contributed by atoms with E-state index in [9.17, 15) is 9.59 Å². The van der Waals surface area contributed by atoms with Crippen LogP contribution in [-0.2, 0) is 9.59 Å². The van der Waals surface area contributed by atoms with Gasteiger partial charge in [0, 0.05) is 38.6 Å². The summed E-state index contributed by atoms with van der Waals surface area (Å²) in [6.45, 7) is 8.00. The molecule has 29 heavy (non-hydrogen) atoms. The van der Waals surface area contributed by atoms with E-state index in [0.29, 0.717) is 36.8 Å². The molecule has 3 fully saturated rings. The van der Waals surface area contributed by atoms with Crippen molar-refractivity contribution in [2.45, 2.75) is 64.3 Å². The van der Waals surface area contributed by atoms with Crippen LogP contribution in [0.1, 0.15) is 58.3 Å². The lowest BCUT2D eigenvalue weighted by molar-refractivity contribution is -0.134. The number of hydrogen-bond acceptors (Lipinski definition) is 4. The van der Waals surface area contributed by atoms with Crippen LogP contribution in [0.4, 0.5) is 0 Å². The maximum atomic E-state index is 12.7. The molecule has 1 saturated carbocycles. The number of carbonyl (C=O) groups excluding carboxylic acids is 2. The summed E-state index contributed by atoms with van der Waals surface area (Å²) in [5.41, 5.74) is 0. The lowest BCUT2D eigenvalue weighted by Crippen LogP contribution is -2.52. The van der Waals surface area contributed by atoms with Crippen LogP contribution in [0.5, 0.6) is 0 Å². The van der Waals surface area contributed by atoms with Crippen molar-refractivity contribution in [3.05, 3.63) is 0 Å². The largest absolute Gasteiger partial charge is 0.352 e. The summed E-state index contributed by atoms with van der Waals surface area (Å²) in [5.74, 6) is 1.52. The van der Waals surface area contributed by atoms with Crippen molar-refractivity contribution in [2.24, 2.45) is 11.8 Å². The van der Waals surface area contributed by atoms with E-state index in [0.717, 1.165) is 52.1 Å². The normalized spacial score (nSPS) is 24.7. The van der Waals surface area contributed by atoms with Crippen molar-refractivity contribution in [3.8, 4) is 0 Å². The van der Waals surface area contributed by atoms with Gasteiger partial charge in [0.2, 0.25) is 11.8 Å². The fraction of sp³-hybridized carbons (Fsp3) is 0.905. The van der Waals surface area contributed by atoms with E-state index in [4.69, 9.17) is 0 Å². The van der Waals surface area contributed by atoms with Gasteiger partial charge < -0.3 is 15.5 Å². The monoisotopic (exact) mass is 450 g/mol. The minimum atomic E-state index is 0. The van der Waals surface area contributed by atoms with Crippen LogP contribution in [0.3, 0.4) is 0 Å². The smallest absolute Gasteiger partial charge is 0.234 e. The molecule has 3 aliphatic rings. The van der Waals surface area contributed by atoms with Crippen molar-refractivity contribution >= 4 is 36.6 Å². The highest BCUT2D eigenvalue weighted by Gasteiger charge is 2.27. The lowest BCUT2D eigenvalue weighted by atomic mass is 9.85. The predicted octanol–water partition coefficient (Wildman–Crippen LogP) is 2.45. The van der Waals surface area contributed by atoms with Crippen LogP contribution in [0.25, 0.3) is 0 Å². The number of piperidine rings is 1. The second-order valence-electron chi connectivity index (χ2n) is 8.85. The topological polar surface area (TPSA) is 64.7 Å². The van der Waals surface area contributed by atoms with Gasteiger partial charge in [0.25, 0.3) is 0 Å². The second-order valence-corrected chi connectivity index (χ2v) is 8.85. The Morgan fingerprint density at radius 1 is 1.00 bits per heavy atom. The summed E-state index contributed by atoms with van der Waals surface area (Å²) in [6.07, 6.45) is 9.16. The molecule has 170 valence electrons. The summed E-state index contributed by atoms with van der Waals surface area (Å²) < 4.78 is 0. The molecule has 2 heterocycles. The fourth-order valence-corrected chi connectivity index (χ4v) is 4.81. The fourth-order valence-electron chi connectivity index (χ4n) is 4.81. The number of halogens is 2. The number of piperazine rings is 1. The maximum Gasteiger partial charge on any atom is 0.234 e. The average molecular weight is 451 g/mol. The van der Waals surface area contributed by atoms with Crippen molar-refractivity contribution in [3.63, 3.8) is 0 Å². The van der Waals surface area contributed by atoms with Gasteiger partial charge in [-0.05, 0) is 50.6 Å². The quantitative estimate of drug-likeness (QED) is 0.651. The number of carbonyl (C=O) groups is 2. The number of nitrogens with zero attached hydrogens (tertiary/aromatic N) is 2. The van der Waals surface area contributed by atoms with E-state index in [1.54, 1.807) is 0 Å². The molecule has 0 aromatic heterocycles. The van der Waals surface area contributed by atoms with Crippen molar-refractivity contribution in [1.29, 1.82) is 0 Å². The van der Waals surface area contributed by atoms with Gasteiger partial charge in [-0.15, -0.1) is 24.8 Å². The molecule has 2 atom stereocenters. The van der Waals surface area contributed by atoms with E-state index in [1.165, 1.54) is 32.1 Å². The molecule has 2 amide bonds. The lowest BCUT2D eigenvalue weighted by Gasteiger charge is -2.36. The molecule has 0 bridgehead atoms. The molecular formula is C21H40Cl2N4O2. The molecule has 0 aromatic rings. The highest BCUT2D eigenvalue weighted by Crippen LogP contribution is 2.23. The number of amides is 2. The SMILES string of the molecule is CC(CC(=O)N1CCN(CC(=O)NC2CCCCC2)CC1)C1CCCNC1.Cl.Cl. The highest BCUT2D eigenvalue weighted by atomic mass is 35.5. The molecule has 0 radical (unpaired) electrons. The maximum absolute atomic E-state index is 12.7. The molecule has 3 rings (SSSR count). The summed E-state index contributed by atoms with van der Waals surface area (Å²) in [4.78, 5) is 29.1. The summed E-state index contributed by atoms with van der Waals surface area (Å²) in [7, 11) is 0. The Morgan fingerprint density at radius 3 is 2.31 bits per heavy atom. The third-order valence-corrected chi connectivity index (χ3v) is 6.70. The van der Waals surface area contributed by atoms with Gasteiger partial charge >= 0.3 is 0 Å². The zero-order valence-corrected chi connectivity index (χ0v) is 19.5. The first-order chi connectivity index (χ1) is 13.1. The molecule has 0 spiro atoms. The Labute approximate surface area is 188 Å². The first-order valence-corrected chi connectivity index (χ1v) is 11.1. The van der Waals surface area contributed by atoms with E-state index in [1.807, 2.05) is 4.90 Å². The van der Waals surface area contributed by atoms with Gasteiger partial charge in [-0.3, -0.25) is 14.5 Å². The zero-order valence-electron chi connectivity index (χ0n) is 17.9. The summed E-state index contributed by atoms with van der Waals surface area (Å²) >= 11 is 0. The minimum Gasteiger partial charge on any atom is -0.352 e. The minimum absolute atomic E-state index is 0. The first-order valence-electron chi connectivity index (χ1n) is 11.1. The molecule has 2 unspecified atom stereocenters. The molecule has 2 saturated heterocycles. The molecule has 6 nitrogen and oxygen atoms in total. The van der Waals surface area contributed by atoms with E-state index in [2.05, 4.69) is 22.5 Å². The van der Waals surface area contributed by atoms with E-state index in [-0.39, 0.29) is 30.7 Å². The third-order valence-electron chi connectivity index (χ3n) is 6.70. The van der Waals surface area contributed by atoms with Crippen molar-refractivity contribution in [2.75, 3.05) is 45.8 Å². The van der Waals surface area contributed by atoms with Gasteiger partial charge in [-0.1, -0.05) is 26.2 Å². The van der Waals surface area contributed by atoms with Crippen LogP contribution in [0.2, 0.25) is 0 Å². The number of nitrogens with one attached hydrogen (secondary N) is 2. The standard InChI is InChI=1S/C21H38N4O2.2ClH/c1-17(18-6-5-9-22-15-18)14-21(27)25-12-10-24(11-13-25)16-20(26)23-19-7-3-2-4-8-19;;/h17-19,22H,2-16H2,1H3,(H,23,26);2*1H. The van der Waals surface area contributed by atoms with Crippen LogP contribution in [-0.4, -0.2) is 73.5 Å². The van der Waals surface area contributed by atoms with Crippen LogP contribution in [0, 0.1) is 11.8 Å². The second kappa shape index (κ2) is 13.7. The average Bonchev–Trinajstić information content (AvgIpc) is 2.70. The summed E-state index contributed by atoms with van der Waals surface area (Å²) in [5, 5.41) is 6.65. The van der Waals surface area contributed by atoms with E-state index >= 15 is 0 Å². The molecule has 1 aliphatic carbocycles. The van der Waals surface area contributed by atoms with Gasteiger partial charge in [0.15, 0.2) is 0 Å². The van der Waals surface area contributed by atoms with Crippen molar-refractivity contribution < 1.29 is 9.59 Å². The number of rotatable bonds is 6. The van der Waals surface area contributed by atoms with Crippen LogP contribution in [0.15, 0.2) is 0 Å². The molecule has 0 aromatic carbocycles. The Bertz CT molecular complexity index is 489. The Hall–Kier alpha value is -0.560. The number of hydrogen-bond donors (Lipinski definition) is 2. The molecule has 8 heteroatoms. The first kappa shape index (κ1) is 26.5. The van der Waals surface area contributed by atoms with Gasteiger partial charge in [-0.25, -0.2) is 0 Å². The Kier molecular flexibility index (Phi) is 12.5.